The summed E-state index contributed by atoms with van der Waals surface area (Å²) < 4.78 is 1.33. The Morgan fingerprint density at radius 1 is 1.71 bits per heavy atom. The number of aryl methyl sites for hydroxylation is 1. The van der Waals surface area contributed by atoms with Gasteiger partial charge in [0.25, 0.3) is 5.56 Å². The van der Waals surface area contributed by atoms with Crippen molar-refractivity contribution in [2.45, 2.75) is 32.4 Å². The molecule has 4 nitrogen and oxygen atoms in total. The molecule has 0 bridgehead atoms. The predicted octanol–water partition coefficient (Wildman–Crippen LogP) is 0.323. The number of aliphatic hydroxyl groups is 1. The maximum absolute atomic E-state index is 11.4. The van der Waals surface area contributed by atoms with E-state index in [2.05, 4.69) is 5.10 Å². The second-order valence-electron chi connectivity index (χ2n) is 3.96. The van der Waals surface area contributed by atoms with Crippen LogP contribution in [0.1, 0.15) is 18.4 Å². The fourth-order valence-corrected chi connectivity index (χ4v) is 1.47. The SMILES string of the molecule is Cc1cnn(CC(O)C2CC2)c(=O)c1. The number of nitrogens with zero attached hydrogens (tertiary/aromatic N) is 2. The van der Waals surface area contributed by atoms with Gasteiger partial charge in [0.05, 0.1) is 18.8 Å². The van der Waals surface area contributed by atoms with E-state index in [0.717, 1.165) is 18.4 Å². The van der Waals surface area contributed by atoms with Crippen molar-refractivity contribution in [2.24, 2.45) is 5.92 Å². The lowest BCUT2D eigenvalue weighted by Gasteiger charge is -2.09. The lowest BCUT2D eigenvalue weighted by atomic mass is 10.2. The van der Waals surface area contributed by atoms with Crippen molar-refractivity contribution in [3.63, 3.8) is 0 Å². The van der Waals surface area contributed by atoms with E-state index in [0.29, 0.717) is 12.5 Å². The zero-order chi connectivity index (χ0) is 10.1. The number of aromatic nitrogens is 2. The van der Waals surface area contributed by atoms with Gasteiger partial charge in [0.2, 0.25) is 0 Å². The van der Waals surface area contributed by atoms with Gasteiger partial charge in [0, 0.05) is 6.07 Å². The van der Waals surface area contributed by atoms with Gasteiger partial charge in [-0.1, -0.05) is 0 Å². The second-order valence-corrected chi connectivity index (χ2v) is 3.96. The van der Waals surface area contributed by atoms with E-state index in [1.165, 1.54) is 10.7 Å². The van der Waals surface area contributed by atoms with E-state index in [9.17, 15) is 9.90 Å². The Balaban J connectivity index is 2.12. The minimum Gasteiger partial charge on any atom is -0.391 e. The Morgan fingerprint density at radius 2 is 2.43 bits per heavy atom. The number of hydrogen-bond acceptors (Lipinski definition) is 3. The molecule has 0 amide bonds. The third kappa shape index (κ3) is 2.01. The van der Waals surface area contributed by atoms with Crippen molar-refractivity contribution >= 4 is 0 Å². The van der Waals surface area contributed by atoms with Gasteiger partial charge >= 0.3 is 0 Å². The van der Waals surface area contributed by atoms with E-state index >= 15 is 0 Å². The Hall–Kier alpha value is -1.16. The minimum atomic E-state index is -0.414. The van der Waals surface area contributed by atoms with Crippen LogP contribution in [0.15, 0.2) is 17.1 Å². The molecule has 1 aromatic rings. The molecule has 1 aliphatic rings. The fraction of sp³-hybridized carbons (Fsp3) is 0.600. The molecule has 1 unspecified atom stereocenters. The summed E-state index contributed by atoms with van der Waals surface area (Å²) in [6.07, 6.45) is 3.37. The molecule has 1 aliphatic carbocycles. The highest BCUT2D eigenvalue weighted by Crippen LogP contribution is 2.32. The van der Waals surface area contributed by atoms with Gasteiger partial charge < -0.3 is 5.11 Å². The molecule has 4 heteroatoms. The molecule has 0 saturated heterocycles. The summed E-state index contributed by atoms with van der Waals surface area (Å²) in [5.41, 5.74) is 0.719. The first-order valence-corrected chi connectivity index (χ1v) is 4.88. The van der Waals surface area contributed by atoms with Crippen LogP contribution in [0, 0.1) is 12.8 Å². The Labute approximate surface area is 82.2 Å². The van der Waals surface area contributed by atoms with Gasteiger partial charge in [-0.25, -0.2) is 4.68 Å². The molecule has 0 radical (unpaired) electrons. The number of rotatable bonds is 3. The van der Waals surface area contributed by atoms with Crippen LogP contribution in [0.25, 0.3) is 0 Å². The van der Waals surface area contributed by atoms with Gasteiger partial charge in [-0.15, -0.1) is 0 Å². The topological polar surface area (TPSA) is 55.1 Å². The summed E-state index contributed by atoms with van der Waals surface area (Å²) >= 11 is 0. The van der Waals surface area contributed by atoms with Gasteiger partial charge in [0.1, 0.15) is 0 Å². The summed E-state index contributed by atoms with van der Waals surface area (Å²) in [5, 5.41) is 13.6. The zero-order valence-corrected chi connectivity index (χ0v) is 8.18. The smallest absolute Gasteiger partial charge is 0.267 e. The van der Waals surface area contributed by atoms with E-state index in [1.807, 2.05) is 6.92 Å². The number of hydrogen-bond donors (Lipinski definition) is 1. The van der Waals surface area contributed by atoms with Crippen LogP contribution in [-0.4, -0.2) is 21.0 Å². The van der Waals surface area contributed by atoms with Crippen LogP contribution < -0.4 is 5.56 Å². The van der Waals surface area contributed by atoms with Gasteiger partial charge in [-0.3, -0.25) is 4.79 Å². The third-order valence-electron chi connectivity index (χ3n) is 2.53. The monoisotopic (exact) mass is 194 g/mol. The summed E-state index contributed by atoms with van der Waals surface area (Å²) in [6.45, 7) is 2.15. The molecule has 2 rings (SSSR count). The second kappa shape index (κ2) is 3.53. The highest BCUT2D eigenvalue weighted by Gasteiger charge is 2.30. The molecular weight excluding hydrogens is 180 g/mol. The average molecular weight is 194 g/mol. The van der Waals surface area contributed by atoms with Crippen LogP contribution in [0.5, 0.6) is 0 Å². The maximum atomic E-state index is 11.4. The molecule has 1 N–H and O–H groups in total. The highest BCUT2D eigenvalue weighted by atomic mass is 16.3. The molecule has 14 heavy (non-hydrogen) atoms. The van der Waals surface area contributed by atoms with Crippen molar-refractivity contribution in [3.8, 4) is 0 Å². The van der Waals surface area contributed by atoms with E-state index in [1.54, 1.807) is 6.20 Å². The van der Waals surface area contributed by atoms with Gasteiger partial charge in [0.15, 0.2) is 0 Å². The molecule has 1 aromatic heterocycles. The Morgan fingerprint density at radius 3 is 3.00 bits per heavy atom. The molecular formula is C10H14N2O2. The average Bonchev–Trinajstić information content (AvgIpc) is 2.92. The van der Waals surface area contributed by atoms with Gasteiger partial charge in [-0.2, -0.15) is 5.10 Å². The quantitative estimate of drug-likeness (QED) is 0.754. The molecule has 1 fully saturated rings. The normalized spacial score (nSPS) is 18.1. The van der Waals surface area contributed by atoms with Crippen LogP contribution in [-0.2, 0) is 6.54 Å². The number of aliphatic hydroxyl groups excluding tert-OH is 1. The molecule has 76 valence electrons. The minimum absolute atomic E-state index is 0.135. The van der Waals surface area contributed by atoms with Crippen molar-refractivity contribution < 1.29 is 5.11 Å². The van der Waals surface area contributed by atoms with Crippen molar-refractivity contribution in [2.75, 3.05) is 0 Å². The molecule has 1 saturated carbocycles. The van der Waals surface area contributed by atoms with Crippen molar-refractivity contribution in [1.82, 2.24) is 9.78 Å². The first-order valence-electron chi connectivity index (χ1n) is 4.88. The largest absolute Gasteiger partial charge is 0.391 e. The fourth-order valence-electron chi connectivity index (χ4n) is 1.47. The standard InChI is InChI=1S/C10H14N2O2/c1-7-4-10(14)12(11-5-7)6-9(13)8-2-3-8/h4-5,8-9,13H,2-3,6H2,1H3. The highest BCUT2D eigenvalue weighted by molar-refractivity contribution is 5.02. The molecule has 0 spiro atoms. The van der Waals surface area contributed by atoms with Crippen LogP contribution in [0.3, 0.4) is 0 Å². The maximum Gasteiger partial charge on any atom is 0.267 e. The van der Waals surface area contributed by atoms with E-state index in [-0.39, 0.29) is 5.56 Å². The summed E-state index contributed by atoms with van der Waals surface area (Å²) in [4.78, 5) is 11.4. The molecule has 0 aliphatic heterocycles. The molecule has 0 aromatic carbocycles. The Kier molecular flexibility index (Phi) is 2.37. The Bertz CT molecular complexity index is 382. The third-order valence-corrected chi connectivity index (χ3v) is 2.53. The van der Waals surface area contributed by atoms with Crippen LogP contribution >= 0.6 is 0 Å². The molecule has 1 atom stereocenters. The van der Waals surface area contributed by atoms with E-state index < -0.39 is 6.10 Å². The van der Waals surface area contributed by atoms with Crippen molar-refractivity contribution in [3.05, 3.63) is 28.2 Å². The summed E-state index contributed by atoms with van der Waals surface area (Å²) in [6, 6.07) is 1.53. The first kappa shape index (κ1) is 9.40. The van der Waals surface area contributed by atoms with Gasteiger partial charge in [-0.05, 0) is 31.2 Å². The lowest BCUT2D eigenvalue weighted by Crippen LogP contribution is -2.29. The lowest BCUT2D eigenvalue weighted by molar-refractivity contribution is 0.125. The molecule has 1 heterocycles. The zero-order valence-electron chi connectivity index (χ0n) is 8.18. The predicted molar refractivity (Wildman–Crippen MR) is 52.0 cm³/mol. The van der Waals surface area contributed by atoms with Crippen LogP contribution in [0.2, 0.25) is 0 Å². The summed E-state index contributed by atoms with van der Waals surface area (Å²) in [5.74, 6) is 0.380. The first-order chi connectivity index (χ1) is 6.66. The van der Waals surface area contributed by atoms with Crippen molar-refractivity contribution in [1.29, 1.82) is 0 Å². The summed E-state index contributed by atoms with van der Waals surface area (Å²) in [7, 11) is 0. The van der Waals surface area contributed by atoms with Crippen LogP contribution in [0.4, 0.5) is 0 Å². The van der Waals surface area contributed by atoms with E-state index in [4.69, 9.17) is 0 Å².